The Morgan fingerprint density at radius 2 is 2.38 bits per heavy atom. The van der Waals surface area contributed by atoms with Crippen molar-refractivity contribution in [2.75, 3.05) is 19.6 Å². The van der Waals surface area contributed by atoms with Crippen molar-refractivity contribution in [1.29, 1.82) is 5.26 Å². The topological polar surface area (TPSA) is 56.1 Å². The highest BCUT2D eigenvalue weighted by Crippen LogP contribution is 2.15. The molecule has 1 saturated heterocycles. The maximum Gasteiger partial charge on any atom is 0.227 e. The summed E-state index contributed by atoms with van der Waals surface area (Å²) >= 11 is 0. The number of rotatable bonds is 4. The second kappa shape index (κ2) is 6.49. The van der Waals surface area contributed by atoms with Crippen LogP contribution in [0.1, 0.15) is 33.1 Å². The van der Waals surface area contributed by atoms with Crippen molar-refractivity contribution in [2.45, 2.75) is 39.2 Å². The second-order valence-corrected chi connectivity index (χ2v) is 4.58. The Balaban J connectivity index is 2.55. The van der Waals surface area contributed by atoms with Gasteiger partial charge in [-0.2, -0.15) is 5.26 Å². The van der Waals surface area contributed by atoms with Crippen LogP contribution >= 0.6 is 0 Å². The van der Waals surface area contributed by atoms with Crippen LogP contribution in [0.2, 0.25) is 0 Å². The highest BCUT2D eigenvalue weighted by atomic mass is 16.2. The van der Waals surface area contributed by atoms with Crippen molar-refractivity contribution in [2.24, 2.45) is 5.92 Å². The van der Waals surface area contributed by atoms with E-state index in [1.54, 1.807) is 0 Å². The van der Waals surface area contributed by atoms with E-state index in [1.165, 1.54) is 0 Å². The van der Waals surface area contributed by atoms with E-state index in [9.17, 15) is 4.79 Å². The first-order valence-corrected chi connectivity index (χ1v) is 6.05. The monoisotopic (exact) mass is 223 g/mol. The Bertz CT molecular complexity index is 264. The minimum Gasteiger partial charge on any atom is -0.339 e. The van der Waals surface area contributed by atoms with Crippen molar-refractivity contribution < 1.29 is 4.79 Å². The van der Waals surface area contributed by atoms with Gasteiger partial charge in [0.25, 0.3) is 0 Å². The van der Waals surface area contributed by atoms with E-state index in [1.807, 2.05) is 18.7 Å². The Kier molecular flexibility index (Phi) is 5.27. The Hall–Kier alpha value is -1.08. The van der Waals surface area contributed by atoms with Gasteiger partial charge in [0, 0.05) is 19.1 Å². The molecule has 1 atom stereocenters. The number of hydrogen-bond acceptors (Lipinski definition) is 3. The van der Waals surface area contributed by atoms with Gasteiger partial charge in [-0.05, 0) is 33.2 Å². The maximum absolute atomic E-state index is 12.2. The Morgan fingerprint density at radius 1 is 1.62 bits per heavy atom. The predicted octanol–water partition coefficient (Wildman–Crippen LogP) is 1.14. The third-order valence-corrected chi connectivity index (χ3v) is 3.02. The summed E-state index contributed by atoms with van der Waals surface area (Å²) in [6.45, 7) is 6.37. The Morgan fingerprint density at radius 3 is 2.88 bits per heavy atom. The smallest absolute Gasteiger partial charge is 0.227 e. The normalized spacial score (nSPS) is 20.5. The molecule has 0 unspecified atom stereocenters. The summed E-state index contributed by atoms with van der Waals surface area (Å²) in [5.41, 5.74) is 0. The summed E-state index contributed by atoms with van der Waals surface area (Å²) in [5.74, 6) is 0.312. The van der Waals surface area contributed by atoms with Crippen LogP contribution in [-0.2, 0) is 4.79 Å². The molecule has 1 aliphatic heterocycles. The van der Waals surface area contributed by atoms with Gasteiger partial charge in [-0.15, -0.1) is 0 Å². The summed E-state index contributed by atoms with van der Waals surface area (Å²) in [5, 5.41) is 11.8. The van der Waals surface area contributed by atoms with Gasteiger partial charge in [-0.1, -0.05) is 0 Å². The molecule has 1 fully saturated rings. The van der Waals surface area contributed by atoms with Crippen LogP contribution in [0.4, 0.5) is 0 Å². The molecule has 16 heavy (non-hydrogen) atoms. The highest BCUT2D eigenvalue weighted by Gasteiger charge is 2.26. The first kappa shape index (κ1) is 13.0. The van der Waals surface area contributed by atoms with Gasteiger partial charge >= 0.3 is 0 Å². The molecule has 1 N–H and O–H groups in total. The molecule has 0 aliphatic carbocycles. The summed E-state index contributed by atoms with van der Waals surface area (Å²) < 4.78 is 0. The van der Waals surface area contributed by atoms with Crippen molar-refractivity contribution in [1.82, 2.24) is 10.2 Å². The van der Waals surface area contributed by atoms with Gasteiger partial charge in [-0.3, -0.25) is 4.79 Å². The van der Waals surface area contributed by atoms with Gasteiger partial charge in [-0.25, -0.2) is 0 Å². The zero-order chi connectivity index (χ0) is 12.0. The fourth-order valence-electron chi connectivity index (χ4n) is 2.09. The molecule has 0 saturated carbocycles. The van der Waals surface area contributed by atoms with E-state index in [4.69, 9.17) is 5.26 Å². The standard InChI is InChI=1S/C12H21N3O/c1-10(2)15(8-4-6-13)12(16)11-5-3-7-14-9-11/h10-11,14H,3-5,7-9H2,1-2H3/t11-/m0/s1. The van der Waals surface area contributed by atoms with E-state index in [0.717, 1.165) is 25.9 Å². The van der Waals surface area contributed by atoms with E-state index >= 15 is 0 Å². The molecule has 0 aromatic rings. The summed E-state index contributed by atoms with van der Waals surface area (Å²) in [6, 6.07) is 2.28. The van der Waals surface area contributed by atoms with E-state index in [-0.39, 0.29) is 17.9 Å². The molecule has 4 heteroatoms. The first-order chi connectivity index (χ1) is 7.66. The average molecular weight is 223 g/mol. The molecule has 1 rings (SSSR count). The number of nitriles is 1. The molecule has 1 heterocycles. The van der Waals surface area contributed by atoms with Crippen LogP contribution < -0.4 is 5.32 Å². The van der Waals surface area contributed by atoms with Crippen LogP contribution in [0.3, 0.4) is 0 Å². The first-order valence-electron chi connectivity index (χ1n) is 6.05. The summed E-state index contributed by atoms with van der Waals surface area (Å²) in [4.78, 5) is 14.1. The minimum absolute atomic E-state index is 0.106. The third kappa shape index (κ3) is 3.49. The predicted molar refractivity (Wildman–Crippen MR) is 62.7 cm³/mol. The molecule has 0 aromatic heterocycles. The molecule has 0 bridgehead atoms. The molecule has 0 spiro atoms. The molecule has 4 nitrogen and oxygen atoms in total. The number of carbonyl (C=O) groups excluding carboxylic acids is 1. The van der Waals surface area contributed by atoms with Crippen molar-refractivity contribution in [3.05, 3.63) is 0 Å². The van der Waals surface area contributed by atoms with Crippen molar-refractivity contribution >= 4 is 5.91 Å². The Labute approximate surface area is 97.6 Å². The van der Waals surface area contributed by atoms with Crippen LogP contribution in [0, 0.1) is 17.2 Å². The lowest BCUT2D eigenvalue weighted by Crippen LogP contribution is -2.46. The number of amides is 1. The number of nitrogens with one attached hydrogen (secondary N) is 1. The summed E-state index contributed by atoms with van der Waals surface area (Å²) in [7, 11) is 0. The van der Waals surface area contributed by atoms with Gasteiger partial charge in [0.05, 0.1) is 18.4 Å². The lowest BCUT2D eigenvalue weighted by molar-refractivity contribution is -0.137. The van der Waals surface area contributed by atoms with E-state index in [2.05, 4.69) is 11.4 Å². The van der Waals surface area contributed by atoms with Crippen molar-refractivity contribution in [3.8, 4) is 6.07 Å². The zero-order valence-corrected chi connectivity index (χ0v) is 10.2. The molecular weight excluding hydrogens is 202 g/mol. The largest absolute Gasteiger partial charge is 0.339 e. The fourth-order valence-corrected chi connectivity index (χ4v) is 2.09. The number of nitrogens with zero attached hydrogens (tertiary/aromatic N) is 2. The molecule has 0 radical (unpaired) electrons. The number of piperidine rings is 1. The minimum atomic E-state index is 0.106. The maximum atomic E-state index is 12.2. The lowest BCUT2D eigenvalue weighted by Gasteiger charge is -2.32. The average Bonchev–Trinajstić information content (AvgIpc) is 2.30. The summed E-state index contributed by atoms with van der Waals surface area (Å²) in [6.07, 6.45) is 2.46. The SMILES string of the molecule is CC(C)N(CCC#N)C(=O)[C@H]1CCCNC1. The van der Waals surface area contributed by atoms with Gasteiger partial charge in [0.1, 0.15) is 0 Å². The van der Waals surface area contributed by atoms with Crippen LogP contribution in [0.15, 0.2) is 0 Å². The van der Waals surface area contributed by atoms with Crippen LogP contribution in [0.5, 0.6) is 0 Å². The quantitative estimate of drug-likeness (QED) is 0.777. The van der Waals surface area contributed by atoms with Gasteiger partial charge in [0.2, 0.25) is 5.91 Å². The highest BCUT2D eigenvalue weighted by molar-refractivity contribution is 5.79. The molecule has 0 aromatic carbocycles. The zero-order valence-electron chi connectivity index (χ0n) is 10.2. The molecular formula is C12H21N3O. The fraction of sp³-hybridized carbons (Fsp3) is 0.833. The number of carbonyl (C=O) groups is 1. The molecule has 1 amide bonds. The molecule has 1 aliphatic rings. The number of hydrogen-bond donors (Lipinski definition) is 1. The van der Waals surface area contributed by atoms with E-state index < -0.39 is 0 Å². The van der Waals surface area contributed by atoms with Crippen molar-refractivity contribution in [3.63, 3.8) is 0 Å². The van der Waals surface area contributed by atoms with Crippen LogP contribution in [-0.4, -0.2) is 36.5 Å². The molecule has 90 valence electrons. The second-order valence-electron chi connectivity index (χ2n) is 4.58. The van der Waals surface area contributed by atoms with Gasteiger partial charge in [0.15, 0.2) is 0 Å². The van der Waals surface area contributed by atoms with Crippen LogP contribution in [0.25, 0.3) is 0 Å². The van der Waals surface area contributed by atoms with Gasteiger partial charge < -0.3 is 10.2 Å². The third-order valence-electron chi connectivity index (χ3n) is 3.02. The van der Waals surface area contributed by atoms with E-state index in [0.29, 0.717) is 13.0 Å². The lowest BCUT2D eigenvalue weighted by atomic mass is 9.97.